The van der Waals surface area contributed by atoms with Gasteiger partial charge in [-0.05, 0) is 24.3 Å². The van der Waals surface area contributed by atoms with Crippen LogP contribution in [-0.4, -0.2) is 13.8 Å². The van der Waals surface area contributed by atoms with Crippen LogP contribution in [0, 0.1) is 0 Å². The fourth-order valence-electron chi connectivity index (χ4n) is 1.89. The van der Waals surface area contributed by atoms with Gasteiger partial charge in [0.1, 0.15) is 5.88 Å². The minimum Gasteiger partial charge on any atom is -0.318 e. The molecule has 0 aliphatic carbocycles. The Morgan fingerprint density at radius 3 is 2.56 bits per heavy atom. The molecule has 1 atom stereocenters. The molecule has 2 aromatic carbocycles. The number of para-hydroxylation sites is 2. The van der Waals surface area contributed by atoms with Gasteiger partial charge in [0, 0.05) is 4.90 Å². The second kappa shape index (κ2) is 4.74. The highest BCUT2D eigenvalue weighted by Gasteiger charge is 2.07. The van der Waals surface area contributed by atoms with Gasteiger partial charge in [0.2, 0.25) is 0 Å². The molecule has 0 N–H and O–H groups in total. The van der Waals surface area contributed by atoms with E-state index < -0.39 is 10.8 Å². The summed E-state index contributed by atoms with van der Waals surface area (Å²) in [6, 6.07) is 17.4. The van der Waals surface area contributed by atoms with Crippen LogP contribution in [0.3, 0.4) is 0 Å². The van der Waals surface area contributed by atoms with Crippen LogP contribution in [0.2, 0.25) is 0 Å². The molecule has 0 aliphatic heterocycles. The molecule has 3 nitrogen and oxygen atoms in total. The lowest BCUT2D eigenvalue weighted by Gasteiger charge is -2.04. The molecule has 0 radical (unpaired) electrons. The van der Waals surface area contributed by atoms with Gasteiger partial charge in [-0.25, -0.2) is 4.98 Å². The molecule has 18 heavy (non-hydrogen) atoms. The first-order valence-electron chi connectivity index (χ1n) is 5.68. The minimum absolute atomic E-state index is 0.435. The van der Waals surface area contributed by atoms with E-state index in [9.17, 15) is 4.21 Å². The highest BCUT2D eigenvalue weighted by atomic mass is 32.2. The zero-order chi connectivity index (χ0) is 12.4. The third-order valence-corrected chi connectivity index (χ3v) is 4.10. The summed E-state index contributed by atoms with van der Waals surface area (Å²) in [6.07, 6.45) is 1.74. The molecule has 0 fully saturated rings. The van der Waals surface area contributed by atoms with Crippen molar-refractivity contribution in [2.45, 2.75) is 10.8 Å². The Hall–Kier alpha value is -1.94. The van der Waals surface area contributed by atoms with Gasteiger partial charge >= 0.3 is 0 Å². The van der Waals surface area contributed by atoms with E-state index in [0.29, 0.717) is 5.88 Å². The number of imidazole rings is 1. The van der Waals surface area contributed by atoms with Crippen LogP contribution in [0.1, 0.15) is 0 Å². The normalized spacial score (nSPS) is 12.7. The Balaban J connectivity index is 1.91. The van der Waals surface area contributed by atoms with Gasteiger partial charge in [0.15, 0.2) is 0 Å². The molecular weight excluding hydrogens is 244 g/mol. The largest absolute Gasteiger partial charge is 0.318 e. The molecule has 0 aliphatic rings. The van der Waals surface area contributed by atoms with E-state index in [4.69, 9.17) is 0 Å². The molecule has 90 valence electrons. The molecule has 3 aromatic rings. The molecule has 0 saturated carbocycles. The van der Waals surface area contributed by atoms with Crippen LogP contribution in [0.4, 0.5) is 0 Å². The van der Waals surface area contributed by atoms with E-state index in [2.05, 4.69) is 4.98 Å². The summed E-state index contributed by atoms with van der Waals surface area (Å²) in [6.45, 7) is 0. The van der Waals surface area contributed by atoms with Gasteiger partial charge in [-0.2, -0.15) is 0 Å². The maximum atomic E-state index is 12.2. The lowest BCUT2D eigenvalue weighted by atomic mass is 10.3. The first-order valence-corrected chi connectivity index (χ1v) is 7.00. The molecule has 1 aromatic heterocycles. The zero-order valence-corrected chi connectivity index (χ0v) is 10.5. The van der Waals surface area contributed by atoms with Crippen LogP contribution in [-0.2, 0) is 16.7 Å². The smallest absolute Gasteiger partial charge is 0.104 e. The molecule has 3 rings (SSSR count). The summed E-state index contributed by atoms with van der Waals surface area (Å²) in [5, 5.41) is 0. The zero-order valence-electron chi connectivity index (χ0n) is 9.69. The van der Waals surface area contributed by atoms with Crippen molar-refractivity contribution in [3.63, 3.8) is 0 Å². The van der Waals surface area contributed by atoms with E-state index in [-0.39, 0.29) is 0 Å². The lowest BCUT2D eigenvalue weighted by Crippen LogP contribution is -2.03. The number of rotatable bonds is 3. The summed E-state index contributed by atoms with van der Waals surface area (Å²) < 4.78 is 14.1. The topological polar surface area (TPSA) is 34.9 Å². The molecule has 0 saturated heterocycles. The SMILES string of the molecule is O=S(Cn1cnc2ccccc21)c1ccccc1. The Morgan fingerprint density at radius 2 is 1.72 bits per heavy atom. The summed E-state index contributed by atoms with van der Waals surface area (Å²) >= 11 is 0. The number of benzene rings is 2. The van der Waals surface area contributed by atoms with Crippen LogP contribution in [0.15, 0.2) is 65.8 Å². The number of nitrogens with zero attached hydrogens (tertiary/aromatic N) is 2. The molecule has 0 bridgehead atoms. The average molecular weight is 256 g/mol. The van der Waals surface area contributed by atoms with Gasteiger partial charge in [0.05, 0.1) is 28.2 Å². The summed E-state index contributed by atoms with van der Waals surface area (Å²) in [4.78, 5) is 5.14. The molecule has 1 unspecified atom stereocenters. The average Bonchev–Trinajstić information content (AvgIpc) is 2.83. The fraction of sp³-hybridized carbons (Fsp3) is 0.0714. The highest BCUT2D eigenvalue weighted by molar-refractivity contribution is 7.84. The van der Waals surface area contributed by atoms with Crippen molar-refractivity contribution in [1.29, 1.82) is 0 Å². The van der Waals surface area contributed by atoms with Gasteiger partial charge in [-0.15, -0.1) is 0 Å². The lowest BCUT2D eigenvalue weighted by molar-refractivity contribution is 0.674. The molecule has 0 spiro atoms. The van der Waals surface area contributed by atoms with Crippen molar-refractivity contribution < 1.29 is 4.21 Å². The van der Waals surface area contributed by atoms with E-state index in [1.165, 1.54) is 0 Å². The first kappa shape index (κ1) is 11.2. The van der Waals surface area contributed by atoms with E-state index in [0.717, 1.165) is 15.9 Å². The van der Waals surface area contributed by atoms with Crippen LogP contribution >= 0.6 is 0 Å². The van der Waals surface area contributed by atoms with E-state index >= 15 is 0 Å². The third kappa shape index (κ3) is 2.07. The Morgan fingerprint density at radius 1 is 1.00 bits per heavy atom. The van der Waals surface area contributed by atoms with Crippen molar-refractivity contribution in [3.05, 3.63) is 60.9 Å². The molecule has 4 heteroatoms. The van der Waals surface area contributed by atoms with Crippen molar-refractivity contribution >= 4 is 21.8 Å². The van der Waals surface area contributed by atoms with Gasteiger partial charge in [-0.3, -0.25) is 4.21 Å². The first-order chi connectivity index (χ1) is 8.84. The Bertz CT molecular complexity index is 691. The highest BCUT2D eigenvalue weighted by Crippen LogP contribution is 2.14. The second-order valence-electron chi connectivity index (χ2n) is 3.99. The Kier molecular flexibility index (Phi) is 2.94. The number of fused-ring (bicyclic) bond motifs is 1. The molecular formula is C14H12N2OS. The number of aromatic nitrogens is 2. The molecule has 1 heterocycles. The monoisotopic (exact) mass is 256 g/mol. The fourth-order valence-corrected chi connectivity index (χ4v) is 2.95. The molecule has 0 amide bonds. The maximum absolute atomic E-state index is 12.2. The summed E-state index contributed by atoms with van der Waals surface area (Å²) in [7, 11) is -1.05. The van der Waals surface area contributed by atoms with Crippen LogP contribution in [0.5, 0.6) is 0 Å². The van der Waals surface area contributed by atoms with Gasteiger partial charge in [0.25, 0.3) is 0 Å². The predicted octanol–water partition coefficient (Wildman–Crippen LogP) is 2.80. The van der Waals surface area contributed by atoms with Crippen molar-refractivity contribution in [1.82, 2.24) is 9.55 Å². The van der Waals surface area contributed by atoms with Crippen molar-refractivity contribution in [2.75, 3.05) is 0 Å². The van der Waals surface area contributed by atoms with Crippen molar-refractivity contribution in [3.8, 4) is 0 Å². The predicted molar refractivity (Wildman–Crippen MR) is 72.6 cm³/mol. The number of hydrogen-bond acceptors (Lipinski definition) is 2. The summed E-state index contributed by atoms with van der Waals surface area (Å²) in [5.41, 5.74) is 1.95. The van der Waals surface area contributed by atoms with E-state index in [1.807, 2.05) is 59.2 Å². The second-order valence-corrected chi connectivity index (χ2v) is 5.41. The minimum atomic E-state index is -1.05. The van der Waals surface area contributed by atoms with Crippen molar-refractivity contribution in [2.24, 2.45) is 0 Å². The van der Waals surface area contributed by atoms with E-state index in [1.54, 1.807) is 6.33 Å². The maximum Gasteiger partial charge on any atom is 0.104 e. The summed E-state index contributed by atoms with van der Waals surface area (Å²) in [5.74, 6) is 0.435. The van der Waals surface area contributed by atoms with Gasteiger partial charge < -0.3 is 4.57 Å². The van der Waals surface area contributed by atoms with Gasteiger partial charge in [-0.1, -0.05) is 30.3 Å². The third-order valence-electron chi connectivity index (χ3n) is 2.79. The van der Waals surface area contributed by atoms with Crippen LogP contribution < -0.4 is 0 Å². The number of hydrogen-bond donors (Lipinski definition) is 0. The quantitative estimate of drug-likeness (QED) is 0.722. The standard InChI is InChI=1S/C14H12N2OS/c17-18(12-6-2-1-3-7-12)11-16-10-15-13-8-4-5-9-14(13)16/h1-10H,11H2. The Labute approximate surface area is 108 Å². The van der Waals surface area contributed by atoms with Crippen LogP contribution in [0.25, 0.3) is 11.0 Å².